The number of methoxy groups -OCH3 is 1. The Hall–Kier alpha value is -3.35. The number of rotatable bonds is 6. The lowest BCUT2D eigenvalue weighted by molar-refractivity contribution is -0.120. The number of aromatic nitrogens is 2. The first kappa shape index (κ1) is 20.9. The fraction of sp³-hybridized carbons (Fsp3) is 0.375. The van der Waals surface area contributed by atoms with Gasteiger partial charge in [0.25, 0.3) is 0 Å². The first-order valence-corrected chi connectivity index (χ1v) is 10.7. The van der Waals surface area contributed by atoms with E-state index >= 15 is 0 Å². The van der Waals surface area contributed by atoms with E-state index in [9.17, 15) is 4.79 Å². The lowest BCUT2D eigenvalue weighted by Crippen LogP contribution is -2.38. The summed E-state index contributed by atoms with van der Waals surface area (Å²) in [5.41, 5.74) is 2.98. The van der Waals surface area contributed by atoms with Crippen LogP contribution < -0.4 is 15.0 Å². The smallest absolute Gasteiger partial charge is 0.324 e. The maximum absolute atomic E-state index is 12.7. The molecular formula is C24H28N4O3. The van der Waals surface area contributed by atoms with Crippen LogP contribution in [0.25, 0.3) is 11.4 Å². The SMILES string of the molecule is COc1ccc(-c2noc(N3CCC(C(=O)Nc4ccc(C(C)C)cc4)CC3)n2)cc1. The second-order valence-corrected chi connectivity index (χ2v) is 8.16. The average Bonchev–Trinajstić information content (AvgIpc) is 3.30. The summed E-state index contributed by atoms with van der Waals surface area (Å²) >= 11 is 0. The monoisotopic (exact) mass is 420 g/mol. The zero-order valence-electron chi connectivity index (χ0n) is 18.2. The molecule has 1 aliphatic heterocycles. The van der Waals surface area contributed by atoms with Crippen LogP contribution in [-0.2, 0) is 4.79 Å². The third-order valence-corrected chi connectivity index (χ3v) is 5.74. The van der Waals surface area contributed by atoms with Crippen molar-refractivity contribution >= 4 is 17.6 Å². The molecule has 2 heterocycles. The van der Waals surface area contributed by atoms with E-state index in [1.165, 1.54) is 5.56 Å². The molecule has 1 N–H and O–H groups in total. The predicted octanol–water partition coefficient (Wildman–Crippen LogP) is 4.72. The normalized spacial score (nSPS) is 14.6. The molecule has 3 aromatic rings. The molecule has 1 amide bonds. The molecule has 4 rings (SSSR count). The standard InChI is InChI=1S/C24H28N4O3/c1-16(2)17-4-8-20(9-5-17)25-23(29)19-12-14-28(15-13-19)24-26-22(27-31-24)18-6-10-21(30-3)11-7-18/h4-11,16,19H,12-15H2,1-3H3,(H,25,29). The van der Waals surface area contributed by atoms with Crippen molar-refractivity contribution in [1.82, 2.24) is 10.1 Å². The number of benzene rings is 2. The highest BCUT2D eigenvalue weighted by Gasteiger charge is 2.27. The summed E-state index contributed by atoms with van der Waals surface area (Å²) < 4.78 is 10.7. The van der Waals surface area contributed by atoms with Crippen LogP contribution in [0.3, 0.4) is 0 Å². The minimum Gasteiger partial charge on any atom is -0.497 e. The Labute approximate surface area is 182 Å². The molecule has 0 spiro atoms. The summed E-state index contributed by atoms with van der Waals surface area (Å²) in [5, 5.41) is 7.15. The molecule has 0 radical (unpaired) electrons. The minimum atomic E-state index is -0.0231. The molecule has 1 fully saturated rings. The van der Waals surface area contributed by atoms with Crippen molar-refractivity contribution in [3.63, 3.8) is 0 Å². The summed E-state index contributed by atoms with van der Waals surface area (Å²) in [4.78, 5) is 19.2. The maximum Gasteiger partial charge on any atom is 0.324 e. The van der Waals surface area contributed by atoms with E-state index in [1.807, 2.05) is 41.3 Å². The minimum absolute atomic E-state index is 0.0231. The molecule has 0 saturated carbocycles. The number of piperidine rings is 1. The summed E-state index contributed by atoms with van der Waals surface area (Å²) in [7, 11) is 1.63. The fourth-order valence-corrected chi connectivity index (χ4v) is 3.73. The summed E-state index contributed by atoms with van der Waals surface area (Å²) in [6, 6.07) is 16.1. The molecule has 0 aliphatic carbocycles. The highest BCUT2D eigenvalue weighted by Crippen LogP contribution is 2.26. The fourth-order valence-electron chi connectivity index (χ4n) is 3.73. The van der Waals surface area contributed by atoms with Gasteiger partial charge in [-0.05, 0) is 60.7 Å². The number of carbonyl (C=O) groups is 1. The molecule has 1 aliphatic rings. The van der Waals surface area contributed by atoms with Gasteiger partial charge in [-0.2, -0.15) is 4.98 Å². The van der Waals surface area contributed by atoms with Gasteiger partial charge in [0, 0.05) is 30.3 Å². The number of anilines is 2. The molecule has 7 heteroatoms. The molecule has 1 aromatic heterocycles. The van der Waals surface area contributed by atoms with Gasteiger partial charge in [-0.1, -0.05) is 31.1 Å². The van der Waals surface area contributed by atoms with E-state index in [0.29, 0.717) is 30.8 Å². The Morgan fingerprint density at radius 3 is 2.39 bits per heavy atom. The Morgan fingerprint density at radius 1 is 1.10 bits per heavy atom. The molecule has 0 atom stereocenters. The Balaban J connectivity index is 1.32. The van der Waals surface area contributed by atoms with Crippen LogP contribution in [0.4, 0.5) is 11.7 Å². The Bertz CT molecular complexity index is 1000. The zero-order chi connectivity index (χ0) is 21.8. The second kappa shape index (κ2) is 9.20. The van der Waals surface area contributed by atoms with Crippen LogP contribution >= 0.6 is 0 Å². The van der Waals surface area contributed by atoms with E-state index in [4.69, 9.17) is 9.26 Å². The number of nitrogens with zero attached hydrogens (tertiary/aromatic N) is 3. The first-order valence-electron chi connectivity index (χ1n) is 10.7. The molecule has 0 unspecified atom stereocenters. The average molecular weight is 421 g/mol. The summed E-state index contributed by atoms with van der Waals surface area (Å²) in [6.07, 6.45) is 1.49. The predicted molar refractivity (Wildman–Crippen MR) is 120 cm³/mol. The highest BCUT2D eigenvalue weighted by molar-refractivity contribution is 5.92. The van der Waals surface area contributed by atoms with Crippen LogP contribution in [0, 0.1) is 5.92 Å². The number of nitrogens with one attached hydrogen (secondary N) is 1. The van der Waals surface area contributed by atoms with Crippen molar-refractivity contribution in [3.05, 3.63) is 54.1 Å². The van der Waals surface area contributed by atoms with Crippen molar-refractivity contribution in [1.29, 1.82) is 0 Å². The third kappa shape index (κ3) is 4.87. The van der Waals surface area contributed by atoms with Gasteiger partial charge in [0.05, 0.1) is 7.11 Å². The van der Waals surface area contributed by atoms with Crippen molar-refractivity contribution in [2.75, 3.05) is 30.4 Å². The Morgan fingerprint density at radius 2 is 1.77 bits per heavy atom. The topological polar surface area (TPSA) is 80.5 Å². The zero-order valence-corrected chi connectivity index (χ0v) is 18.2. The van der Waals surface area contributed by atoms with E-state index in [-0.39, 0.29) is 11.8 Å². The van der Waals surface area contributed by atoms with Gasteiger partial charge in [-0.3, -0.25) is 4.79 Å². The Kier molecular flexibility index (Phi) is 6.21. The quantitative estimate of drug-likeness (QED) is 0.621. The van der Waals surface area contributed by atoms with Gasteiger partial charge < -0.3 is 19.5 Å². The number of carbonyl (C=O) groups excluding carboxylic acids is 1. The maximum atomic E-state index is 12.7. The third-order valence-electron chi connectivity index (χ3n) is 5.74. The molecular weight excluding hydrogens is 392 g/mol. The summed E-state index contributed by atoms with van der Waals surface area (Å²) in [6.45, 7) is 5.72. The van der Waals surface area contributed by atoms with Crippen LogP contribution in [-0.4, -0.2) is 36.2 Å². The van der Waals surface area contributed by atoms with Gasteiger partial charge in [0.1, 0.15) is 5.75 Å². The van der Waals surface area contributed by atoms with Gasteiger partial charge in [0.2, 0.25) is 11.7 Å². The van der Waals surface area contributed by atoms with E-state index < -0.39 is 0 Å². The number of amides is 1. The van der Waals surface area contributed by atoms with Crippen molar-refractivity contribution in [2.45, 2.75) is 32.6 Å². The lowest BCUT2D eigenvalue weighted by Gasteiger charge is -2.29. The number of ether oxygens (including phenoxy) is 1. The van der Waals surface area contributed by atoms with Crippen molar-refractivity contribution in [3.8, 4) is 17.1 Å². The molecule has 7 nitrogen and oxygen atoms in total. The molecule has 162 valence electrons. The van der Waals surface area contributed by atoms with Gasteiger partial charge in [-0.25, -0.2) is 0 Å². The van der Waals surface area contributed by atoms with Gasteiger partial charge in [-0.15, -0.1) is 0 Å². The summed E-state index contributed by atoms with van der Waals surface area (Å²) in [5.74, 6) is 1.85. The van der Waals surface area contributed by atoms with Crippen molar-refractivity contribution in [2.24, 2.45) is 5.92 Å². The number of hydrogen-bond acceptors (Lipinski definition) is 6. The van der Waals surface area contributed by atoms with E-state index in [0.717, 1.165) is 29.8 Å². The number of hydrogen-bond donors (Lipinski definition) is 1. The largest absolute Gasteiger partial charge is 0.497 e. The van der Waals surface area contributed by atoms with Crippen molar-refractivity contribution < 1.29 is 14.1 Å². The van der Waals surface area contributed by atoms with Gasteiger partial charge in [0.15, 0.2) is 0 Å². The van der Waals surface area contributed by atoms with E-state index in [1.54, 1.807) is 7.11 Å². The molecule has 1 saturated heterocycles. The lowest BCUT2D eigenvalue weighted by atomic mass is 9.96. The molecule has 0 bridgehead atoms. The second-order valence-electron chi connectivity index (χ2n) is 8.16. The van der Waals surface area contributed by atoms with E-state index in [2.05, 4.69) is 41.4 Å². The van der Waals surface area contributed by atoms with Crippen LogP contribution in [0.2, 0.25) is 0 Å². The first-order chi connectivity index (χ1) is 15.0. The van der Waals surface area contributed by atoms with Crippen LogP contribution in [0.15, 0.2) is 53.1 Å². The highest BCUT2D eigenvalue weighted by atomic mass is 16.5. The van der Waals surface area contributed by atoms with Crippen LogP contribution in [0.5, 0.6) is 5.75 Å². The molecule has 2 aromatic carbocycles. The molecule has 31 heavy (non-hydrogen) atoms. The van der Waals surface area contributed by atoms with Crippen LogP contribution in [0.1, 0.15) is 38.2 Å². The van der Waals surface area contributed by atoms with Gasteiger partial charge >= 0.3 is 6.01 Å².